The van der Waals surface area contributed by atoms with E-state index in [1.165, 1.54) is 35.9 Å². The van der Waals surface area contributed by atoms with Gasteiger partial charge in [0.25, 0.3) is 11.2 Å². The zero-order chi connectivity index (χ0) is 18.3. The van der Waals surface area contributed by atoms with Gasteiger partial charge in [0, 0.05) is 24.7 Å². The average molecular weight is 408 g/mol. The third-order valence-corrected chi connectivity index (χ3v) is 4.27. The van der Waals surface area contributed by atoms with Crippen molar-refractivity contribution in [2.75, 3.05) is 0 Å². The molecule has 0 saturated heterocycles. The Kier molecular flexibility index (Phi) is 4.08. The van der Waals surface area contributed by atoms with Gasteiger partial charge in [0.2, 0.25) is 0 Å². The number of halogens is 1. The fourth-order valence-electron chi connectivity index (χ4n) is 2.36. The molecule has 11 heteroatoms. The number of ketones is 1. The third-order valence-electron chi connectivity index (χ3n) is 3.66. The van der Waals surface area contributed by atoms with Crippen molar-refractivity contribution in [1.82, 2.24) is 19.1 Å². The van der Waals surface area contributed by atoms with Crippen LogP contribution in [0.15, 0.2) is 38.6 Å². The van der Waals surface area contributed by atoms with Crippen LogP contribution in [0.2, 0.25) is 0 Å². The Hall–Kier alpha value is -3.08. The van der Waals surface area contributed by atoms with Gasteiger partial charge in [-0.05, 0) is 28.1 Å². The van der Waals surface area contributed by atoms with E-state index in [-0.39, 0.29) is 39.5 Å². The summed E-state index contributed by atoms with van der Waals surface area (Å²) in [5, 5.41) is 10.7. The van der Waals surface area contributed by atoms with Crippen molar-refractivity contribution in [1.29, 1.82) is 0 Å². The lowest BCUT2D eigenvalue weighted by molar-refractivity contribution is -0.384. The Morgan fingerprint density at radius 2 is 1.96 bits per heavy atom. The maximum absolute atomic E-state index is 12.4. The number of imidazole rings is 1. The molecule has 3 rings (SSSR count). The van der Waals surface area contributed by atoms with Gasteiger partial charge in [-0.25, -0.2) is 9.78 Å². The molecule has 0 aliphatic rings. The van der Waals surface area contributed by atoms with Crippen LogP contribution in [0.4, 0.5) is 5.69 Å². The molecule has 0 unspecified atom stereocenters. The summed E-state index contributed by atoms with van der Waals surface area (Å²) in [4.78, 5) is 52.5. The Balaban J connectivity index is 2.03. The lowest BCUT2D eigenvalue weighted by atomic mass is 10.1. The number of carbonyl (C=O) groups excluding carboxylic acids is 1. The molecule has 0 amide bonds. The Morgan fingerprint density at radius 3 is 2.56 bits per heavy atom. The van der Waals surface area contributed by atoms with Crippen LogP contribution in [-0.2, 0) is 13.6 Å². The molecule has 0 fully saturated rings. The standard InChI is InChI=1S/C14H10BrN5O5/c1-18-11-10(12(22)17-14(18)23)19(13(15)16-11)6-9(21)7-2-4-8(5-3-7)20(24)25/h2-5H,6H2,1H3,(H,17,22,23). The van der Waals surface area contributed by atoms with Crippen LogP contribution in [0, 0.1) is 10.1 Å². The molecular formula is C14H10BrN5O5. The SMILES string of the molecule is Cn1c(=O)[nH]c(=O)c2c1nc(Br)n2CC(=O)c1ccc([N+](=O)[O-])cc1. The molecule has 0 saturated carbocycles. The number of non-ortho nitro benzene ring substituents is 1. The molecule has 2 heterocycles. The number of nitrogens with one attached hydrogen (secondary N) is 1. The van der Waals surface area contributed by atoms with E-state index in [2.05, 4.69) is 25.9 Å². The molecule has 1 N–H and O–H groups in total. The number of rotatable bonds is 4. The molecule has 0 aliphatic carbocycles. The largest absolute Gasteiger partial charge is 0.329 e. The second-order valence-electron chi connectivity index (χ2n) is 5.18. The Labute approximate surface area is 147 Å². The summed E-state index contributed by atoms with van der Waals surface area (Å²) < 4.78 is 2.70. The topological polar surface area (TPSA) is 133 Å². The van der Waals surface area contributed by atoms with Crippen LogP contribution in [0.5, 0.6) is 0 Å². The van der Waals surface area contributed by atoms with Gasteiger partial charge >= 0.3 is 5.69 Å². The summed E-state index contributed by atoms with van der Waals surface area (Å²) in [7, 11) is 1.45. The summed E-state index contributed by atoms with van der Waals surface area (Å²) in [6.45, 7) is -0.226. The van der Waals surface area contributed by atoms with Gasteiger partial charge in [-0.1, -0.05) is 0 Å². The highest BCUT2D eigenvalue weighted by atomic mass is 79.9. The van der Waals surface area contributed by atoms with Crippen molar-refractivity contribution in [3.63, 3.8) is 0 Å². The van der Waals surface area contributed by atoms with E-state index in [0.717, 1.165) is 4.57 Å². The lowest BCUT2D eigenvalue weighted by Gasteiger charge is -2.05. The first-order valence-corrected chi connectivity index (χ1v) is 7.71. The fraction of sp³-hybridized carbons (Fsp3) is 0.143. The van der Waals surface area contributed by atoms with Crippen molar-refractivity contribution in [3.05, 3.63) is 65.5 Å². The van der Waals surface area contributed by atoms with Gasteiger partial charge in [-0.2, -0.15) is 0 Å². The minimum absolute atomic E-state index is 0.0734. The van der Waals surface area contributed by atoms with Gasteiger partial charge in [0.15, 0.2) is 21.7 Å². The van der Waals surface area contributed by atoms with Crippen LogP contribution < -0.4 is 11.2 Å². The third kappa shape index (κ3) is 2.89. The predicted molar refractivity (Wildman–Crippen MR) is 90.7 cm³/mol. The average Bonchev–Trinajstić information content (AvgIpc) is 2.90. The van der Waals surface area contributed by atoms with Crippen LogP contribution in [0.1, 0.15) is 10.4 Å². The predicted octanol–water partition coefficient (Wildman–Crippen LogP) is 0.977. The summed E-state index contributed by atoms with van der Waals surface area (Å²) in [5.74, 6) is -0.372. The first-order valence-electron chi connectivity index (χ1n) is 6.92. The highest BCUT2D eigenvalue weighted by Crippen LogP contribution is 2.18. The van der Waals surface area contributed by atoms with Crippen molar-refractivity contribution in [2.45, 2.75) is 6.54 Å². The lowest BCUT2D eigenvalue weighted by Crippen LogP contribution is -2.29. The molecule has 0 bridgehead atoms. The van der Waals surface area contributed by atoms with Crippen LogP contribution in [0.25, 0.3) is 11.2 Å². The quantitative estimate of drug-likeness (QED) is 0.296. The van der Waals surface area contributed by atoms with E-state index in [1.54, 1.807) is 0 Å². The number of aromatic nitrogens is 4. The zero-order valence-corrected chi connectivity index (χ0v) is 14.3. The Morgan fingerprint density at radius 1 is 1.32 bits per heavy atom. The number of hydrogen-bond donors (Lipinski definition) is 1. The van der Waals surface area contributed by atoms with E-state index in [9.17, 15) is 24.5 Å². The highest BCUT2D eigenvalue weighted by Gasteiger charge is 2.19. The second-order valence-corrected chi connectivity index (χ2v) is 5.89. The number of aryl methyl sites for hydroxylation is 1. The van der Waals surface area contributed by atoms with E-state index in [4.69, 9.17) is 0 Å². The number of Topliss-reactive ketones (excluding diaryl/α,β-unsaturated/α-hetero) is 1. The maximum atomic E-state index is 12.4. The van der Waals surface area contributed by atoms with E-state index >= 15 is 0 Å². The summed E-state index contributed by atoms with van der Waals surface area (Å²) in [5.41, 5.74) is -0.941. The number of H-pyrrole nitrogens is 1. The first kappa shape index (κ1) is 16.8. The minimum atomic E-state index is -0.659. The Bertz CT molecular complexity index is 1130. The number of benzene rings is 1. The monoisotopic (exact) mass is 407 g/mol. The van der Waals surface area contributed by atoms with E-state index < -0.39 is 16.2 Å². The molecule has 0 spiro atoms. The van der Waals surface area contributed by atoms with Crippen LogP contribution in [-0.4, -0.2) is 29.8 Å². The molecule has 10 nitrogen and oxygen atoms in total. The van der Waals surface area contributed by atoms with E-state index in [0.29, 0.717) is 0 Å². The van der Waals surface area contributed by atoms with Crippen LogP contribution in [0.3, 0.4) is 0 Å². The number of hydrogen-bond acceptors (Lipinski definition) is 6. The molecule has 3 aromatic rings. The van der Waals surface area contributed by atoms with Crippen molar-refractivity contribution >= 4 is 38.6 Å². The number of carbonyl (C=O) groups is 1. The minimum Gasteiger partial charge on any atom is -0.305 e. The molecule has 0 atom stereocenters. The molecule has 25 heavy (non-hydrogen) atoms. The molecule has 0 radical (unpaired) electrons. The summed E-state index contributed by atoms with van der Waals surface area (Å²) >= 11 is 3.18. The molecular weight excluding hydrogens is 398 g/mol. The zero-order valence-electron chi connectivity index (χ0n) is 12.7. The van der Waals surface area contributed by atoms with Gasteiger partial charge in [0.05, 0.1) is 11.5 Å². The number of nitro groups is 1. The fourth-order valence-corrected chi connectivity index (χ4v) is 2.83. The van der Waals surface area contributed by atoms with Gasteiger partial charge in [0.1, 0.15) is 0 Å². The van der Waals surface area contributed by atoms with Crippen molar-refractivity contribution < 1.29 is 9.72 Å². The number of fused-ring (bicyclic) bond motifs is 1. The number of nitro benzene ring substituents is 1. The second kappa shape index (κ2) is 6.09. The summed E-state index contributed by atoms with van der Waals surface area (Å²) in [6, 6.07) is 5.14. The van der Waals surface area contributed by atoms with Gasteiger partial charge in [-0.15, -0.1) is 0 Å². The van der Waals surface area contributed by atoms with E-state index in [1.807, 2.05) is 0 Å². The number of nitrogens with zero attached hydrogens (tertiary/aromatic N) is 4. The van der Waals surface area contributed by atoms with Crippen LogP contribution >= 0.6 is 15.9 Å². The first-order chi connectivity index (χ1) is 11.8. The van der Waals surface area contributed by atoms with Crippen molar-refractivity contribution in [3.8, 4) is 0 Å². The summed E-state index contributed by atoms with van der Waals surface area (Å²) in [6.07, 6.45) is 0. The molecule has 128 valence electrons. The molecule has 2 aromatic heterocycles. The molecule has 1 aromatic carbocycles. The van der Waals surface area contributed by atoms with Crippen molar-refractivity contribution in [2.24, 2.45) is 7.05 Å². The van der Waals surface area contributed by atoms with Gasteiger partial charge < -0.3 is 4.57 Å². The normalized spacial score (nSPS) is 11.0. The molecule has 0 aliphatic heterocycles. The number of aromatic amines is 1. The maximum Gasteiger partial charge on any atom is 0.329 e. The smallest absolute Gasteiger partial charge is 0.305 e. The van der Waals surface area contributed by atoms with Gasteiger partial charge in [-0.3, -0.25) is 29.3 Å². The highest BCUT2D eigenvalue weighted by molar-refractivity contribution is 9.10.